The lowest BCUT2D eigenvalue weighted by Crippen LogP contribution is -1.94. The lowest BCUT2D eigenvalue weighted by Gasteiger charge is -2.07. The van der Waals surface area contributed by atoms with Crippen molar-refractivity contribution >= 4 is 6.29 Å². The fourth-order valence-corrected chi connectivity index (χ4v) is 1.76. The molecule has 0 aliphatic heterocycles. The van der Waals surface area contributed by atoms with Gasteiger partial charge in [0.05, 0.1) is 0 Å². The molecule has 0 aliphatic carbocycles. The van der Waals surface area contributed by atoms with E-state index < -0.39 is 0 Å². The summed E-state index contributed by atoms with van der Waals surface area (Å²) in [4.78, 5) is 10.1. The van der Waals surface area contributed by atoms with Crippen LogP contribution in [-0.2, 0) is 17.6 Å². The van der Waals surface area contributed by atoms with Gasteiger partial charge in [0.15, 0.2) is 6.29 Å². The maximum atomic E-state index is 10.1. The van der Waals surface area contributed by atoms with E-state index in [-0.39, 0.29) is 0 Å². The summed E-state index contributed by atoms with van der Waals surface area (Å²) in [7, 11) is 0. The van der Waals surface area contributed by atoms with Crippen molar-refractivity contribution in [2.45, 2.75) is 45.4 Å². The Hall–Kier alpha value is -1.11. The molecular weight excluding hydrogens is 184 g/mol. The first-order valence-electron chi connectivity index (χ1n) is 5.80. The third-order valence-corrected chi connectivity index (χ3v) is 2.64. The highest BCUT2D eigenvalue weighted by Crippen LogP contribution is 2.14. The molecule has 0 unspecified atom stereocenters. The van der Waals surface area contributed by atoms with Gasteiger partial charge in [-0.05, 0) is 36.8 Å². The van der Waals surface area contributed by atoms with Crippen molar-refractivity contribution < 1.29 is 4.79 Å². The minimum Gasteiger partial charge on any atom is -0.291 e. The van der Waals surface area contributed by atoms with Crippen LogP contribution in [0.5, 0.6) is 0 Å². The SMILES string of the molecule is CCCCc1ccccc1CCC[C]=O. The molecule has 81 valence electrons. The van der Waals surface area contributed by atoms with E-state index in [2.05, 4.69) is 31.2 Å². The Labute approximate surface area is 92.5 Å². The van der Waals surface area contributed by atoms with Crippen LogP contribution < -0.4 is 0 Å². The van der Waals surface area contributed by atoms with Crippen LogP contribution in [0.2, 0.25) is 0 Å². The average molecular weight is 203 g/mol. The molecule has 1 nitrogen and oxygen atoms in total. The topological polar surface area (TPSA) is 17.1 Å². The predicted octanol–water partition coefficient (Wildman–Crippen LogP) is 3.46. The van der Waals surface area contributed by atoms with E-state index in [1.54, 1.807) is 0 Å². The summed E-state index contributed by atoms with van der Waals surface area (Å²) < 4.78 is 0. The number of unbranched alkanes of at least 4 members (excludes halogenated alkanes) is 2. The first kappa shape index (κ1) is 12.0. The third kappa shape index (κ3) is 4.28. The van der Waals surface area contributed by atoms with E-state index in [1.165, 1.54) is 24.0 Å². The molecule has 0 saturated carbocycles. The molecule has 0 bridgehead atoms. The summed E-state index contributed by atoms with van der Waals surface area (Å²) in [5.41, 5.74) is 2.85. The number of aryl methyl sites for hydroxylation is 2. The number of carbonyl (C=O) groups excluding carboxylic acids is 1. The summed E-state index contributed by atoms with van der Waals surface area (Å²) >= 11 is 0. The third-order valence-electron chi connectivity index (χ3n) is 2.64. The van der Waals surface area contributed by atoms with Crippen molar-refractivity contribution in [1.29, 1.82) is 0 Å². The molecule has 1 aromatic carbocycles. The summed E-state index contributed by atoms with van der Waals surface area (Å²) in [5.74, 6) is 0. The van der Waals surface area contributed by atoms with Crippen molar-refractivity contribution in [2.24, 2.45) is 0 Å². The molecule has 1 heteroatoms. The van der Waals surface area contributed by atoms with E-state index in [4.69, 9.17) is 0 Å². The van der Waals surface area contributed by atoms with Crippen molar-refractivity contribution in [2.75, 3.05) is 0 Å². The van der Waals surface area contributed by atoms with Gasteiger partial charge >= 0.3 is 0 Å². The second-order valence-electron chi connectivity index (χ2n) is 3.87. The Kier molecular flexibility index (Phi) is 5.76. The Bertz CT molecular complexity index is 291. The standard InChI is InChI=1S/C14H19O/c1-2-3-8-13-9-4-5-10-14(13)11-6-7-12-15/h4-5,9-10H,2-3,6-8,11H2,1H3. The zero-order valence-electron chi connectivity index (χ0n) is 9.46. The lowest BCUT2D eigenvalue weighted by atomic mass is 9.98. The Morgan fingerprint density at radius 1 is 1.07 bits per heavy atom. The Balaban J connectivity index is 2.55. The van der Waals surface area contributed by atoms with Crippen molar-refractivity contribution in [3.8, 4) is 0 Å². The molecule has 1 aromatic rings. The van der Waals surface area contributed by atoms with E-state index in [1.807, 2.05) is 6.29 Å². The Morgan fingerprint density at radius 3 is 2.20 bits per heavy atom. The fraction of sp³-hybridized carbons (Fsp3) is 0.500. The second kappa shape index (κ2) is 7.22. The minimum absolute atomic E-state index is 0.558. The van der Waals surface area contributed by atoms with E-state index in [0.717, 1.165) is 19.3 Å². The van der Waals surface area contributed by atoms with Crippen LogP contribution in [0.15, 0.2) is 24.3 Å². The summed E-state index contributed by atoms with van der Waals surface area (Å²) in [5, 5.41) is 0. The van der Waals surface area contributed by atoms with Crippen LogP contribution in [0.1, 0.15) is 43.7 Å². The van der Waals surface area contributed by atoms with Gasteiger partial charge in [0.25, 0.3) is 0 Å². The average Bonchev–Trinajstić information content (AvgIpc) is 2.28. The van der Waals surface area contributed by atoms with Gasteiger partial charge < -0.3 is 0 Å². The lowest BCUT2D eigenvalue weighted by molar-refractivity contribution is 0.548. The van der Waals surface area contributed by atoms with Gasteiger partial charge in [0.1, 0.15) is 0 Å². The maximum absolute atomic E-state index is 10.1. The van der Waals surface area contributed by atoms with Gasteiger partial charge in [0, 0.05) is 6.42 Å². The number of benzene rings is 1. The zero-order valence-corrected chi connectivity index (χ0v) is 9.46. The van der Waals surface area contributed by atoms with E-state index >= 15 is 0 Å². The van der Waals surface area contributed by atoms with Gasteiger partial charge in [-0.15, -0.1) is 0 Å². The molecule has 0 fully saturated rings. The smallest absolute Gasteiger partial charge is 0.198 e. The van der Waals surface area contributed by atoms with Crippen LogP contribution in [0, 0.1) is 0 Å². The highest BCUT2D eigenvalue weighted by atomic mass is 16.1. The predicted molar refractivity (Wildman–Crippen MR) is 63.7 cm³/mol. The summed E-state index contributed by atoms with van der Waals surface area (Å²) in [6, 6.07) is 8.56. The van der Waals surface area contributed by atoms with E-state index in [0.29, 0.717) is 6.42 Å². The van der Waals surface area contributed by atoms with Crippen LogP contribution in [0.3, 0.4) is 0 Å². The number of hydrogen-bond acceptors (Lipinski definition) is 1. The molecule has 0 spiro atoms. The highest BCUT2D eigenvalue weighted by molar-refractivity contribution is 5.50. The number of rotatable bonds is 7. The summed E-state index contributed by atoms with van der Waals surface area (Å²) in [6.45, 7) is 2.21. The van der Waals surface area contributed by atoms with Crippen molar-refractivity contribution in [3.63, 3.8) is 0 Å². The fourth-order valence-electron chi connectivity index (χ4n) is 1.76. The molecule has 1 rings (SSSR count). The molecule has 0 atom stereocenters. The molecule has 0 N–H and O–H groups in total. The van der Waals surface area contributed by atoms with Gasteiger partial charge in [-0.1, -0.05) is 37.6 Å². The molecule has 0 amide bonds. The largest absolute Gasteiger partial charge is 0.291 e. The molecular formula is C14H19O. The highest BCUT2D eigenvalue weighted by Gasteiger charge is 2.00. The van der Waals surface area contributed by atoms with Crippen LogP contribution in [0.4, 0.5) is 0 Å². The van der Waals surface area contributed by atoms with Gasteiger partial charge in [0.2, 0.25) is 0 Å². The molecule has 0 aliphatic rings. The monoisotopic (exact) mass is 203 g/mol. The molecule has 0 heterocycles. The zero-order chi connectivity index (χ0) is 10.9. The normalized spacial score (nSPS) is 10.2. The van der Waals surface area contributed by atoms with Gasteiger partial charge in [-0.25, -0.2) is 0 Å². The Morgan fingerprint density at radius 2 is 1.67 bits per heavy atom. The molecule has 1 radical (unpaired) electrons. The second-order valence-corrected chi connectivity index (χ2v) is 3.87. The van der Waals surface area contributed by atoms with Crippen LogP contribution >= 0.6 is 0 Å². The van der Waals surface area contributed by atoms with Crippen LogP contribution in [0.25, 0.3) is 0 Å². The first-order valence-corrected chi connectivity index (χ1v) is 5.80. The van der Waals surface area contributed by atoms with Gasteiger partial charge in [-0.2, -0.15) is 0 Å². The first-order chi connectivity index (χ1) is 7.38. The minimum atomic E-state index is 0.558. The van der Waals surface area contributed by atoms with E-state index in [9.17, 15) is 4.79 Å². The maximum Gasteiger partial charge on any atom is 0.198 e. The van der Waals surface area contributed by atoms with Crippen molar-refractivity contribution in [3.05, 3.63) is 35.4 Å². The molecule has 0 aromatic heterocycles. The van der Waals surface area contributed by atoms with Crippen molar-refractivity contribution in [1.82, 2.24) is 0 Å². The number of hydrogen-bond donors (Lipinski definition) is 0. The quantitative estimate of drug-likeness (QED) is 0.620. The molecule has 0 saturated heterocycles. The van der Waals surface area contributed by atoms with Gasteiger partial charge in [-0.3, -0.25) is 4.79 Å². The molecule has 15 heavy (non-hydrogen) atoms. The summed E-state index contributed by atoms with van der Waals surface area (Å²) in [6.07, 6.45) is 8.08. The van der Waals surface area contributed by atoms with Crippen LogP contribution in [-0.4, -0.2) is 6.29 Å².